The Morgan fingerprint density at radius 2 is 1.83 bits per heavy atom. The van der Waals surface area contributed by atoms with Crippen molar-refractivity contribution in [1.82, 2.24) is 5.32 Å². The van der Waals surface area contributed by atoms with E-state index in [-0.39, 0.29) is 19.1 Å². The number of amides is 1. The maximum absolute atomic E-state index is 12.2. The highest BCUT2D eigenvalue weighted by molar-refractivity contribution is 5.76. The lowest BCUT2D eigenvalue weighted by Crippen LogP contribution is -2.35. The van der Waals surface area contributed by atoms with Crippen molar-refractivity contribution < 1.29 is 19.4 Å². The number of ether oxygens (including phenoxy) is 2. The minimum atomic E-state index is -0.754. The van der Waals surface area contributed by atoms with Gasteiger partial charge in [0.05, 0.1) is 6.10 Å². The summed E-state index contributed by atoms with van der Waals surface area (Å²) in [7, 11) is 0. The summed E-state index contributed by atoms with van der Waals surface area (Å²) in [6, 6.07) is 13.9. The number of hydrogen-bond acceptors (Lipinski definition) is 4. The first-order valence-corrected chi connectivity index (χ1v) is 10.9. The number of carbonyl (C=O) groups is 1. The zero-order valence-corrected chi connectivity index (χ0v) is 18.0. The van der Waals surface area contributed by atoms with Crippen LogP contribution in [0.4, 0.5) is 0 Å². The molecule has 0 heterocycles. The smallest absolute Gasteiger partial charge is 0.220 e. The Labute approximate surface area is 179 Å². The van der Waals surface area contributed by atoms with Crippen LogP contribution >= 0.6 is 0 Å². The van der Waals surface area contributed by atoms with Gasteiger partial charge >= 0.3 is 0 Å². The molecule has 1 atom stereocenters. The van der Waals surface area contributed by atoms with Gasteiger partial charge in [-0.05, 0) is 74.8 Å². The van der Waals surface area contributed by atoms with E-state index in [0.717, 1.165) is 41.0 Å². The number of benzene rings is 2. The Morgan fingerprint density at radius 3 is 2.57 bits per heavy atom. The second kappa shape index (κ2) is 11.0. The first-order chi connectivity index (χ1) is 14.5. The second-order valence-electron chi connectivity index (χ2n) is 8.16. The fraction of sp³-hybridized carbons (Fsp3) is 0.480. The molecule has 0 aromatic heterocycles. The van der Waals surface area contributed by atoms with E-state index in [1.54, 1.807) is 0 Å². The van der Waals surface area contributed by atoms with Crippen LogP contribution in [-0.4, -0.2) is 36.4 Å². The molecule has 2 aromatic carbocycles. The molecule has 2 aromatic rings. The van der Waals surface area contributed by atoms with Crippen molar-refractivity contribution in [2.24, 2.45) is 0 Å². The number of aryl methyl sites for hydroxylation is 3. The molecule has 1 saturated carbocycles. The van der Waals surface area contributed by atoms with Gasteiger partial charge in [0.25, 0.3) is 0 Å². The van der Waals surface area contributed by atoms with Crippen molar-refractivity contribution in [3.8, 4) is 11.5 Å². The van der Waals surface area contributed by atoms with Crippen LogP contribution in [0.3, 0.4) is 0 Å². The first-order valence-electron chi connectivity index (χ1n) is 10.9. The number of nitrogens with one attached hydrogen (secondary N) is 1. The molecule has 5 heteroatoms. The SMILES string of the molecule is Cc1cccc(C)c1OCC(O)CNC(=O)CCc1cccc(OC2CCCC2)c1. The molecule has 162 valence electrons. The van der Waals surface area contributed by atoms with Gasteiger partial charge in [0.2, 0.25) is 5.91 Å². The average molecular weight is 412 g/mol. The Kier molecular flexibility index (Phi) is 8.14. The standard InChI is InChI=1S/C25H33NO4/c1-18-7-5-8-19(2)25(18)29-17-21(27)16-26-24(28)14-13-20-9-6-12-23(15-20)30-22-10-3-4-11-22/h5-9,12,15,21-22,27H,3-4,10-11,13-14,16-17H2,1-2H3,(H,26,28). The topological polar surface area (TPSA) is 67.8 Å². The van der Waals surface area contributed by atoms with Crippen molar-refractivity contribution in [2.75, 3.05) is 13.2 Å². The molecule has 1 amide bonds. The molecular formula is C25H33NO4. The van der Waals surface area contributed by atoms with Gasteiger partial charge in [-0.2, -0.15) is 0 Å². The van der Waals surface area contributed by atoms with E-state index in [4.69, 9.17) is 9.47 Å². The van der Waals surface area contributed by atoms with Crippen molar-refractivity contribution >= 4 is 5.91 Å². The number of aliphatic hydroxyl groups is 1. The third-order valence-electron chi connectivity index (χ3n) is 5.51. The van der Waals surface area contributed by atoms with Crippen LogP contribution in [0.25, 0.3) is 0 Å². The van der Waals surface area contributed by atoms with E-state index >= 15 is 0 Å². The minimum absolute atomic E-state index is 0.0803. The van der Waals surface area contributed by atoms with Gasteiger partial charge < -0.3 is 19.9 Å². The van der Waals surface area contributed by atoms with Crippen LogP contribution in [0.5, 0.6) is 11.5 Å². The summed E-state index contributed by atoms with van der Waals surface area (Å²) < 4.78 is 11.8. The minimum Gasteiger partial charge on any atom is -0.490 e. The van der Waals surface area contributed by atoms with Crippen LogP contribution in [0.15, 0.2) is 42.5 Å². The first kappa shape index (κ1) is 22.2. The van der Waals surface area contributed by atoms with Gasteiger partial charge in [-0.3, -0.25) is 4.79 Å². The number of hydrogen-bond donors (Lipinski definition) is 2. The van der Waals surface area contributed by atoms with Crippen LogP contribution in [0.2, 0.25) is 0 Å². The molecule has 1 aliphatic rings. The second-order valence-corrected chi connectivity index (χ2v) is 8.16. The van der Waals surface area contributed by atoms with Gasteiger partial charge in [-0.15, -0.1) is 0 Å². The lowest BCUT2D eigenvalue weighted by Gasteiger charge is -2.16. The Balaban J connectivity index is 1.37. The van der Waals surface area contributed by atoms with Gasteiger partial charge in [-0.1, -0.05) is 30.3 Å². The zero-order chi connectivity index (χ0) is 21.3. The molecule has 3 rings (SSSR count). The molecule has 0 aliphatic heterocycles. The van der Waals surface area contributed by atoms with E-state index in [9.17, 15) is 9.90 Å². The van der Waals surface area contributed by atoms with Gasteiger partial charge in [0.15, 0.2) is 0 Å². The third kappa shape index (κ3) is 6.77. The average Bonchev–Trinajstić information content (AvgIpc) is 3.23. The summed E-state index contributed by atoms with van der Waals surface area (Å²) in [4.78, 5) is 12.2. The molecule has 2 N–H and O–H groups in total. The maximum Gasteiger partial charge on any atom is 0.220 e. The number of rotatable bonds is 10. The summed E-state index contributed by atoms with van der Waals surface area (Å²) in [6.45, 7) is 4.27. The number of carbonyl (C=O) groups excluding carboxylic acids is 1. The molecular weight excluding hydrogens is 378 g/mol. The molecule has 0 spiro atoms. The predicted molar refractivity (Wildman–Crippen MR) is 118 cm³/mol. The predicted octanol–water partition coefficient (Wildman–Crippen LogP) is 4.11. The summed E-state index contributed by atoms with van der Waals surface area (Å²) in [5.41, 5.74) is 3.15. The normalized spacial score (nSPS) is 15.0. The number of para-hydroxylation sites is 1. The lowest BCUT2D eigenvalue weighted by molar-refractivity contribution is -0.121. The summed E-state index contributed by atoms with van der Waals surface area (Å²) in [5.74, 6) is 1.60. The lowest BCUT2D eigenvalue weighted by atomic mass is 10.1. The molecule has 1 fully saturated rings. The molecule has 0 radical (unpaired) electrons. The molecule has 0 bridgehead atoms. The fourth-order valence-corrected chi connectivity index (χ4v) is 3.82. The quantitative estimate of drug-likeness (QED) is 0.617. The van der Waals surface area contributed by atoms with Crippen LogP contribution in [0, 0.1) is 13.8 Å². The van der Waals surface area contributed by atoms with Crippen LogP contribution in [-0.2, 0) is 11.2 Å². The van der Waals surface area contributed by atoms with Gasteiger partial charge in [0, 0.05) is 13.0 Å². The highest BCUT2D eigenvalue weighted by Gasteiger charge is 2.16. The van der Waals surface area contributed by atoms with E-state index in [1.807, 2.05) is 56.3 Å². The molecule has 30 heavy (non-hydrogen) atoms. The zero-order valence-electron chi connectivity index (χ0n) is 18.0. The Morgan fingerprint density at radius 1 is 1.13 bits per heavy atom. The van der Waals surface area contributed by atoms with E-state index in [0.29, 0.717) is 18.9 Å². The van der Waals surface area contributed by atoms with Gasteiger partial charge in [0.1, 0.15) is 24.2 Å². The number of aliphatic hydroxyl groups excluding tert-OH is 1. The Bertz CT molecular complexity index is 809. The highest BCUT2D eigenvalue weighted by Crippen LogP contribution is 2.25. The molecule has 1 aliphatic carbocycles. The molecule has 5 nitrogen and oxygen atoms in total. The van der Waals surface area contributed by atoms with Crippen molar-refractivity contribution in [2.45, 2.75) is 64.6 Å². The largest absolute Gasteiger partial charge is 0.490 e. The van der Waals surface area contributed by atoms with Crippen molar-refractivity contribution in [3.05, 3.63) is 59.2 Å². The van der Waals surface area contributed by atoms with E-state index < -0.39 is 6.10 Å². The van der Waals surface area contributed by atoms with E-state index in [1.165, 1.54) is 12.8 Å². The van der Waals surface area contributed by atoms with Gasteiger partial charge in [-0.25, -0.2) is 0 Å². The molecule has 0 saturated heterocycles. The fourth-order valence-electron chi connectivity index (χ4n) is 3.82. The maximum atomic E-state index is 12.2. The third-order valence-corrected chi connectivity index (χ3v) is 5.51. The monoisotopic (exact) mass is 411 g/mol. The van der Waals surface area contributed by atoms with Crippen LogP contribution in [0.1, 0.15) is 48.8 Å². The summed E-state index contributed by atoms with van der Waals surface area (Å²) >= 11 is 0. The Hall–Kier alpha value is -2.53. The highest BCUT2D eigenvalue weighted by atomic mass is 16.5. The summed E-state index contributed by atoms with van der Waals surface area (Å²) in [6.07, 6.45) is 5.33. The van der Waals surface area contributed by atoms with Crippen LogP contribution < -0.4 is 14.8 Å². The van der Waals surface area contributed by atoms with Crippen molar-refractivity contribution in [3.63, 3.8) is 0 Å². The summed E-state index contributed by atoms with van der Waals surface area (Å²) in [5, 5.41) is 12.9. The van der Waals surface area contributed by atoms with Crippen molar-refractivity contribution in [1.29, 1.82) is 0 Å². The molecule has 1 unspecified atom stereocenters. The van der Waals surface area contributed by atoms with E-state index in [2.05, 4.69) is 5.32 Å².